The molecule has 0 bridgehead atoms. The van der Waals surface area contributed by atoms with Gasteiger partial charge in [-0.05, 0) is 18.4 Å². The van der Waals surface area contributed by atoms with Crippen molar-refractivity contribution in [1.82, 2.24) is 24.9 Å². The first-order valence-corrected chi connectivity index (χ1v) is 11.6. The number of aryl methyl sites for hydroxylation is 1. The van der Waals surface area contributed by atoms with Gasteiger partial charge in [0, 0.05) is 64.8 Å². The van der Waals surface area contributed by atoms with Gasteiger partial charge in [0.05, 0.1) is 18.4 Å². The van der Waals surface area contributed by atoms with E-state index in [9.17, 15) is 14.4 Å². The van der Waals surface area contributed by atoms with E-state index in [4.69, 9.17) is 0 Å². The predicted octanol–water partition coefficient (Wildman–Crippen LogP) is 0.457. The number of nitrogens with one attached hydrogen (secondary N) is 1. The second kappa shape index (κ2) is 10.6. The van der Waals surface area contributed by atoms with Crippen LogP contribution in [0.15, 0.2) is 47.4 Å². The van der Waals surface area contributed by atoms with Crippen LogP contribution in [0, 0.1) is 5.92 Å². The Morgan fingerprint density at radius 2 is 1.73 bits per heavy atom. The summed E-state index contributed by atoms with van der Waals surface area (Å²) in [5, 5.41) is 7.06. The highest BCUT2D eigenvalue weighted by atomic mass is 16.2. The molecule has 176 valence electrons. The number of carbonyl (C=O) groups is 2. The highest BCUT2D eigenvalue weighted by molar-refractivity contribution is 5.80. The minimum atomic E-state index is -0.127. The van der Waals surface area contributed by atoms with Gasteiger partial charge in [0.2, 0.25) is 11.8 Å². The number of amides is 2. The van der Waals surface area contributed by atoms with Gasteiger partial charge >= 0.3 is 0 Å². The summed E-state index contributed by atoms with van der Waals surface area (Å²) in [6.45, 7) is 5.11. The van der Waals surface area contributed by atoms with Crippen molar-refractivity contribution in [3.63, 3.8) is 0 Å². The Balaban J connectivity index is 1.18. The summed E-state index contributed by atoms with van der Waals surface area (Å²) in [5.74, 6) is 0.239. The molecule has 0 saturated carbocycles. The first-order valence-electron chi connectivity index (χ1n) is 11.6. The summed E-state index contributed by atoms with van der Waals surface area (Å²) in [5.41, 5.74) is 1.78. The normalized spacial score (nSPS) is 17.7. The van der Waals surface area contributed by atoms with Gasteiger partial charge in [-0.2, -0.15) is 5.10 Å². The van der Waals surface area contributed by atoms with E-state index >= 15 is 0 Å². The zero-order valence-electron chi connectivity index (χ0n) is 19.2. The fourth-order valence-corrected chi connectivity index (χ4v) is 4.46. The maximum atomic E-state index is 13.0. The molecule has 0 unspecified atom stereocenters. The standard InChI is InChI=1S/C24H32N6O3/c1-27-23(32)15-21(17-26-27)29-9-7-20(8-10-29)24(33)30-13-11-28(12-14-30)18-22(31)25-16-19-5-3-2-4-6-19/h2-6,15,17,20H,7-14,16,18H2,1H3,(H,25,31). The van der Waals surface area contributed by atoms with Crippen molar-refractivity contribution in [2.75, 3.05) is 50.7 Å². The zero-order chi connectivity index (χ0) is 23.2. The van der Waals surface area contributed by atoms with Crippen LogP contribution in [0.2, 0.25) is 0 Å². The number of carbonyl (C=O) groups excluding carboxylic acids is 2. The summed E-state index contributed by atoms with van der Waals surface area (Å²) >= 11 is 0. The molecule has 4 rings (SSSR count). The number of rotatable bonds is 6. The van der Waals surface area contributed by atoms with Crippen LogP contribution in [0.4, 0.5) is 5.69 Å². The van der Waals surface area contributed by atoms with E-state index in [0.29, 0.717) is 39.3 Å². The Morgan fingerprint density at radius 3 is 2.39 bits per heavy atom. The number of aromatic nitrogens is 2. The third-order valence-electron chi connectivity index (χ3n) is 6.55. The highest BCUT2D eigenvalue weighted by Crippen LogP contribution is 2.24. The van der Waals surface area contributed by atoms with Crippen molar-refractivity contribution in [1.29, 1.82) is 0 Å². The Kier molecular flexibility index (Phi) is 7.39. The van der Waals surface area contributed by atoms with Crippen LogP contribution in [0.1, 0.15) is 18.4 Å². The number of piperidine rings is 1. The van der Waals surface area contributed by atoms with Gasteiger partial charge in [0.1, 0.15) is 0 Å². The second-order valence-corrected chi connectivity index (χ2v) is 8.80. The largest absolute Gasteiger partial charge is 0.370 e. The lowest BCUT2D eigenvalue weighted by Crippen LogP contribution is -2.53. The summed E-state index contributed by atoms with van der Waals surface area (Å²) < 4.78 is 1.31. The molecule has 33 heavy (non-hydrogen) atoms. The average Bonchev–Trinajstić information content (AvgIpc) is 2.85. The minimum Gasteiger partial charge on any atom is -0.370 e. The summed E-state index contributed by atoms with van der Waals surface area (Å²) in [7, 11) is 1.63. The third-order valence-corrected chi connectivity index (χ3v) is 6.55. The van der Waals surface area contributed by atoms with Crippen molar-refractivity contribution in [2.45, 2.75) is 19.4 Å². The molecule has 2 amide bonds. The molecule has 2 fully saturated rings. The summed E-state index contributed by atoms with van der Waals surface area (Å²) in [6, 6.07) is 11.5. The van der Waals surface area contributed by atoms with Crippen molar-refractivity contribution < 1.29 is 9.59 Å². The lowest BCUT2D eigenvalue weighted by molar-refractivity contribution is -0.138. The van der Waals surface area contributed by atoms with Crippen LogP contribution < -0.4 is 15.8 Å². The van der Waals surface area contributed by atoms with E-state index in [1.54, 1.807) is 19.3 Å². The number of benzene rings is 1. The van der Waals surface area contributed by atoms with Crippen LogP contribution in [0.25, 0.3) is 0 Å². The van der Waals surface area contributed by atoms with Gasteiger partial charge in [-0.15, -0.1) is 0 Å². The Bertz CT molecular complexity index is 1010. The van der Waals surface area contributed by atoms with Crippen LogP contribution >= 0.6 is 0 Å². The van der Waals surface area contributed by atoms with E-state index < -0.39 is 0 Å². The molecule has 2 saturated heterocycles. The summed E-state index contributed by atoms with van der Waals surface area (Å²) in [4.78, 5) is 43.3. The molecule has 3 heterocycles. The van der Waals surface area contributed by atoms with Crippen molar-refractivity contribution in [3.05, 3.63) is 58.5 Å². The average molecular weight is 453 g/mol. The fourth-order valence-electron chi connectivity index (χ4n) is 4.46. The molecule has 9 heteroatoms. The first-order chi connectivity index (χ1) is 16.0. The zero-order valence-corrected chi connectivity index (χ0v) is 19.2. The third kappa shape index (κ3) is 5.98. The molecule has 0 spiro atoms. The van der Waals surface area contributed by atoms with E-state index in [1.807, 2.05) is 35.2 Å². The van der Waals surface area contributed by atoms with Crippen molar-refractivity contribution >= 4 is 17.5 Å². The van der Waals surface area contributed by atoms with Crippen LogP contribution in [0.3, 0.4) is 0 Å². The number of hydrogen-bond acceptors (Lipinski definition) is 6. The van der Waals surface area contributed by atoms with E-state index in [2.05, 4.69) is 20.2 Å². The highest BCUT2D eigenvalue weighted by Gasteiger charge is 2.31. The molecule has 0 radical (unpaired) electrons. The van der Waals surface area contributed by atoms with Gasteiger partial charge in [-0.1, -0.05) is 30.3 Å². The quantitative estimate of drug-likeness (QED) is 0.685. The molecular formula is C24H32N6O3. The molecular weight excluding hydrogens is 420 g/mol. The van der Waals surface area contributed by atoms with Gasteiger partial charge in [-0.3, -0.25) is 19.3 Å². The lowest BCUT2D eigenvalue weighted by atomic mass is 9.94. The molecule has 9 nitrogen and oxygen atoms in total. The molecule has 1 aromatic carbocycles. The smallest absolute Gasteiger partial charge is 0.268 e. The van der Waals surface area contributed by atoms with Crippen LogP contribution in [-0.4, -0.2) is 77.2 Å². The maximum absolute atomic E-state index is 13.0. The van der Waals surface area contributed by atoms with Crippen molar-refractivity contribution in [3.8, 4) is 0 Å². The molecule has 1 N–H and O–H groups in total. The molecule has 2 aliphatic rings. The predicted molar refractivity (Wildman–Crippen MR) is 126 cm³/mol. The molecule has 0 atom stereocenters. The molecule has 1 aromatic heterocycles. The number of hydrogen-bond donors (Lipinski definition) is 1. The summed E-state index contributed by atoms with van der Waals surface area (Å²) in [6.07, 6.45) is 3.26. The van der Waals surface area contributed by atoms with E-state index in [1.165, 1.54) is 4.68 Å². The Labute approximate surface area is 194 Å². The van der Waals surface area contributed by atoms with Crippen molar-refractivity contribution in [2.24, 2.45) is 13.0 Å². The number of anilines is 1. The Morgan fingerprint density at radius 1 is 1.03 bits per heavy atom. The van der Waals surface area contributed by atoms with Gasteiger partial charge < -0.3 is 15.1 Å². The monoisotopic (exact) mass is 452 g/mol. The number of piperazine rings is 1. The Hall–Kier alpha value is -3.20. The first kappa shape index (κ1) is 23.0. The number of nitrogens with zero attached hydrogens (tertiary/aromatic N) is 5. The van der Waals surface area contributed by atoms with E-state index in [-0.39, 0.29) is 23.3 Å². The SMILES string of the molecule is Cn1ncc(N2CCC(C(=O)N3CCN(CC(=O)NCc4ccccc4)CC3)CC2)cc1=O. The van der Waals surface area contributed by atoms with E-state index in [0.717, 1.165) is 37.2 Å². The van der Waals surface area contributed by atoms with Gasteiger partial charge in [0.15, 0.2) is 0 Å². The lowest BCUT2D eigenvalue weighted by Gasteiger charge is -2.38. The fraction of sp³-hybridized carbons (Fsp3) is 0.500. The molecule has 2 aliphatic heterocycles. The topological polar surface area (TPSA) is 90.8 Å². The maximum Gasteiger partial charge on any atom is 0.268 e. The van der Waals surface area contributed by atoms with Gasteiger partial charge in [-0.25, -0.2) is 4.68 Å². The minimum absolute atomic E-state index is 0.0104. The van der Waals surface area contributed by atoms with Crippen LogP contribution in [-0.2, 0) is 23.2 Å². The van der Waals surface area contributed by atoms with Gasteiger partial charge in [0.25, 0.3) is 5.56 Å². The molecule has 0 aliphatic carbocycles. The van der Waals surface area contributed by atoms with Crippen LogP contribution in [0.5, 0.6) is 0 Å². The second-order valence-electron chi connectivity index (χ2n) is 8.80. The molecule has 2 aromatic rings.